The van der Waals surface area contributed by atoms with Crippen LogP contribution in [0, 0.1) is 0 Å². The lowest BCUT2D eigenvalue weighted by atomic mass is 10.2. The summed E-state index contributed by atoms with van der Waals surface area (Å²) < 4.78 is 52.6. The number of hydrogen-bond acceptors (Lipinski definition) is 5. The van der Waals surface area contributed by atoms with E-state index in [0.29, 0.717) is 24.7 Å². The number of rotatable bonds is 10. The Hall–Kier alpha value is -3.43. The minimum absolute atomic E-state index is 0.126. The van der Waals surface area contributed by atoms with Gasteiger partial charge in [-0.3, -0.25) is 9.59 Å². The van der Waals surface area contributed by atoms with Crippen molar-refractivity contribution < 1.29 is 37.0 Å². The Balaban J connectivity index is 1.99. The zero-order valence-electron chi connectivity index (χ0n) is 18.0. The molecular formula is C22H25F3N2O5. The summed E-state index contributed by atoms with van der Waals surface area (Å²) in [5.74, 6) is -0.470. The van der Waals surface area contributed by atoms with Gasteiger partial charge in [0.1, 0.15) is 5.75 Å². The van der Waals surface area contributed by atoms with E-state index in [0.717, 1.165) is 0 Å². The molecule has 0 unspecified atom stereocenters. The van der Waals surface area contributed by atoms with Crippen LogP contribution in [-0.2, 0) is 11.3 Å². The normalized spacial score (nSPS) is 10.9. The van der Waals surface area contributed by atoms with Gasteiger partial charge >= 0.3 is 6.36 Å². The Bertz CT molecular complexity index is 934. The Morgan fingerprint density at radius 2 is 1.62 bits per heavy atom. The van der Waals surface area contributed by atoms with Crippen LogP contribution in [0.5, 0.6) is 17.2 Å². The highest BCUT2D eigenvalue weighted by Crippen LogP contribution is 2.29. The standard InChI is InChI=1S/C22H25F3N2O5/c1-4-30-18-11-10-15(12-19(18)31-5-2)21(29)26-13-20(28)27(3)14-16-8-6-7-9-17(16)32-22(23,24)25/h6-12H,4-5,13-14H2,1-3H3,(H,26,29). The van der Waals surface area contributed by atoms with Crippen molar-refractivity contribution in [3.05, 3.63) is 53.6 Å². The number of likely N-dealkylation sites (N-methyl/N-ethyl adjacent to an activating group) is 1. The fraction of sp³-hybridized carbons (Fsp3) is 0.364. The molecule has 2 aromatic carbocycles. The topological polar surface area (TPSA) is 77.1 Å². The number of hydrogen-bond donors (Lipinski definition) is 1. The van der Waals surface area contributed by atoms with Gasteiger partial charge in [0.15, 0.2) is 11.5 Å². The van der Waals surface area contributed by atoms with Gasteiger partial charge in [-0.2, -0.15) is 0 Å². The van der Waals surface area contributed by atoms with Crippen molar-refractivity contribution in [2.75, 3.05) is 26.8 Å². The molecule has 0 saturated carbocycles. The molecule has 1 N–H and O–H groups in total. The first-order valence-electron chi connectivity index (χ1n) is 9.90. The van der Waals surface area contributed by atoms with Crippen LogP contribution in [0.4, 0.5) is 13.2 Å². The molecule has 0 aromatic heterocycles. The number of benzene rings is 2. The zero-order chi connectivity index (χ0) is 23.7. The van der Waals surface area contributed by atoms with Crippen LogP contribution in [-0.4, -0.2) is 49.9 Å². The summed E-state index contributed by atoms with van der Waals surface area (Å²) in [6.07, 6.45) is -4.84. The van der Waals surface area contributed by atoms with Gasteiger partial charge in [0.05, 0.1) is 19.8 Å². The van der Waals surface area contributed by atoms with Crippen molar-refractivity contribution in [2.45, 2.75) is 26.8 Å². The maximum Gasteiger partial charge on any atom is 0.573 e. The first-order valence-corrected chi connectivity index (χ1v) is 9.90. The van der Waals surface area contributed by atoms with Crippen molar-refractivity contribution in [3.8, 4) is 17.2 Å². The third-order valence-corrected chi connectivity index (χ3v) is 4.24. The second kappa shape index (κ2) is 11.3. The van der Waals surface area contributed by atoms with E-state index in [1.807, 2.05) is 6.92 Å². The Morgan fingerprint density at radius 3 is 2.28 bits per heavy atom. The number of alkyl halides is 3. The van der Waals surface area contributed by atoms with Gasteiger partial charge in [-0.05, 0) is 38.1 Å². The highest BCUT2D eigenvalue weighted by molar-refractivity contribution is 5.97. The van der Waals surface area contributed by atoms with Gasteiger partial charge in [-0.1, -0.05) is 18.2 Å². The number of nitrogens with one attached hydrogen (secondary N) is 1. The number of amides is 2. The average molecular weight is 454 g/mol. The highest BCUT2D eigenvalue weighted by Gasteiger charge is 2.32. The second-order valence-electron chi connectivity index (χ2n) is 6.62. The quantitative estimate of drug-likeness (QED) is 0.592. The molecule has 0 bridgehead atoms. The molecular weight excluding hydrogens is 429 g/mol. The lowest BCUT2D eigenvalue weighted by Crippen LogP contribution is -2.38. The number of para-hydroxylation sites is 1. The minimum Gasteiger partial charge on any atom is -0.490 e. The molecule has 0 heterocycles. The molecule has 2 aromatic rings. The fourth-order valence-electron chi connectivity index (χ4n) is 2.79. The van der Waals surface area contributed by atoms with Crippen LogP contribution in [0.3, 0.4) is 0 Å². The van der Waals surface area contributed by atoms with Crippen LogP contribution in [0.1, 0.15) is 29.8 Å². The van der Waals surface area contributed by atoms with Crippen LogP contribution in [0.15, 0.2) is 42.5 Å². The van der Waals surface area contributed by atoms with Crippen molar-refractivity contribution >= 4 is 11.8 Å². The molecule has 0 fully saturated rings. The van der Waals surface area contributed by atoms with Crippen molar-refractivity contribution in [3.63, 3.8) is 0 Å². The summed E-state index contributed by atoms with van der Waals surface area (Å²) in [4.78, 5) is 26.0. The molecule has 10 heteroatoms. The number of carbonyl (C=O) groups excluding carboxylic acids is 2. The lowest BCUT2D eigenvalue weighted by Gasteiger charge is -2.20. The summed E-state index contributed by atoms with van der Waals surface area (Å²) in [5, 5.41) is 2.50. The second-order valence-corrected chi connectivity index (χ2v) is 6.62. The number of ether oxygens (including phenoxy) is 3. The van der Waals surface area contributed by atoms with Crippen LogP contribution >= 0.6 is 0 Å². The SMILES string of the molecule is CCOc1ccc(C(=O)NCC(=O)N(C)Cc2ccccc2OC(F)(F)F)cc1OCC. The minimum atomic E-state index is -4.84. The zero-order valence-corrected chi connectivity index (χ0v) is 18.0. The predicted molar refractivity (Wildman–Crippen MR) is 111 cm³/mol. The van der Waals surface area contributed by atoms with E-state index in [9.17, 15) is 22.8 Å². The van der Waals surface area contributed by atoms with Gasteiger partial charge in [-0.25, -0.2) is 0 Å². The van der Waals surface area contributed by atoms with Crippen molar-refractivity contribution in [1.29, 1.82) is 0 Å². The van der Waals surface area contributed by atoms with E-state index >= 15 is 0 Å². The molecule has 7 nitrogen and oxygen atoms in total. The number of nitrogens with zero attached hydrogens (tertiary/aromatic N) is 1. The van der Waals surface area contributed by atoms with Gasteiger partial charge < -0.3 is 24.4 Å². The maximum atomic E-state index is 12.6. The van der Waals surface area contributed by atoms with E-state index in [1.165, 1.54) is 36.2 Å². The smallest absolute Gasteiger partial charge is 0.490 e. The van der Waals surface area contributed by atoms with Crippen LogP contribution in [0.25, 0.3) is 0 Å². The van der Waals surface area contributed by atoms with Gasteiger partial charge in [0.2, 0.25) is 5.91 Å². The van der Waals surface area contributed by atoms with E-state index in [1.54, 1.807) is 25.1 Å². The van der Waals surface area contributed by atoms with Crippen molar-refractivity contribution in [2.24, 2.45) is 0 Å². The largest absolute Gasteiger partial charge is 0.573 e. The van der Waals surface area contributed by atoms with E-state index in [-0.39, 0.29) is 30.0 Å². The molecule has 0 aliphatic carbocycles. The molecule has 2 rings (SSSR count). The molecule has 0 radical (unpaired) electrons. The van der Waals surface area contributed by atoms with Gasteiger partial charge in [0.25, 0.3) is 5.91 Å². The molecule has 0 atom stereocenters. The molecule has 0 saturated heterocycles. The predicted octanol–water partition coefficient (Wildman–Crippen LogP) is 3.77. The Morgan fingerprint density at radius 1 is 0.969 bits per heavy atom. The average Bonchev–Trinajstić information content (AvgIpc) is 2.73. The van der Waals surface area contributed by atoms with E-state index in [2.05, 4.69) is 10.1 Å². The van der Waals surface area contributed by atoms with Crippen LogP contribution < -0.4 is 19.5 Å². The Kier molecular flexibility index (Phi) is 8.74. The Labute approximate surface area is 184 Å². The molecule has 2 amide bonds. The fourth-order valence-corrected chi connectivity index (χ4v) is 2.79. The van der Waals surface area contributed by atoms with Gasteiger partial charge in [0, 0.05) is 24.7 Å². The third-order valence-electron chi connectivity index (χ3n) is 4.24. The third kappa shape index (κ3) is 7.36. The summed E-state index contributed by atoms with van der Waals surface area (Å²) in [7, 11) is 1.42. The van der Waals surface area contributed by atoms with E-state index in [4.69, 9.17) is 9.47 Å². The first-order chi connectivity index (χ1) is 15.1. The summed E-state index contributed by atoms with van der Waals surface area (Å²) in [6.45, 7) is 3.98. The molecule has 0 spiro atoms. The van der Waals surface area contributed by atoms with Gasteiger partial charge in [-0.15, -0.1) is 13.2 Å². The van der Waals surface area contributed by atoms with Crippen molar-refractivity contribution in [1.82, 2.24) is 10.2 Å². The summed E-state index contributed by atoms with van der Waals surface area (Å²) in [6, 6.07) is 10.2. The first kappa shape index (κ1) is 24.8. The summed E-state index contributed by atoms with van der Waals surface area (Å²) in [5.41, 5.74) is 0.455. The monoisotopic (exact) mass is 454 g/mol. The molecule has 174 valence electrons. The summed E-state index contributed by atoms with van der Waals surface area (Å²) >= 11 is 0. The lowest BCUT2D eigenvalue weighted by molar-refractivity contribution is -0.275. The van der Waals surface area contributed by atoms with Crippen LogP contribution in [0.2, 0.25) is 0 Å². The number of carbonyl (C=O) groups is 2. The molecule has 0 aliphatic rings. The highest BCUT2D eigenvalue weighted by atomic mass is 19.4. The molecule has 0 aliphatic heterocycles. The molecule has 32 heavy (non-hydrogen) atoms. The maximum absolute atomic E-state index is 12.6. The van der Waals surface area contributed by atoms with E-state index < -0.39 is 18.2 Å². The number of halogens is 3.